The molecule has 1 N–H and O–H groups in total. The number of unbranched alkanes of at least 4 members (excludes halogenated alkanes) is 1. The van der Waals surface area contributed by atoms with Gasteiger partial charge in [-0.05, 0) is 36.8 Å². The van der Waals surface area contributed by atoms with Crippen molar-refractivity contribution >= 4 is 21.6 Å². The Balaban J connectivity index is 2.24. The highest BCUT2D eigenvalue weighted by Crippen LogP contribution is 2.19. The van der Waals surface area contributed by atoms with E-state index >= 15 is 0 Å². The molecule has 1 amide bonds. The first-order valence-electron chi connectivity index (χ1n) is 8.08. The van der Waals surface area contributed by atoms with E-state index in [-0.39, 0.29) is 22.1 Å². The minimum atomic E-state index is -4.05. The molecule has 5 nitrogen and oxygen atoms in total. The number of carbonyl (C=O) groups excluding carboxylic acids is 1. The molecular weight excluding hydrogens is 362 g/mol. The SMILES string of the molecule is CCCCN(C)C(=O)c1cccc(S(=O)(=O)Nc2ccc(F)c(F)c2)c1. The Morgan fingerprint density at radius 2 is 1.85 bits per heavy atom. The number of sulfonamides is 1. The van der Waals surface area contributed by atoms with Crippen LogP contribution in [0.5, 0.6) is 0 Å². The van der Waals surface area contributed by atoms with E-state index in [1.165, 1.54) is 29.2 Å². The summed E-state index contributed by atoms with van der Waals surface area (Å²) < 4.78 is 53.3. The molecule has 0 bridgehead atoms. The molecule has 0 heterocycles. The molecular formula is C18H20F2N2O3S. The maximum atomic E-state index is 13.3. The van der Waals surface area contributed by atoms with E-state index in [1.54, 1.807) is 7.05 Å². The van der Waals surface area contributed by atoms with Crippen molar-refractivity contribution in [2.75, 3.05) is 18.3 Å². The second-order valence-corrected chi connectivity index (χ2v) is 7.52. The van der Waals surface area contributed by atoms with Crippen LogP contribution in [0, 0.1) is 11.6 Å². The van der Waals surface area contributed by atoms with Crippen molar-refractivity contribution in [3.05, 3.63) is 59.7 Å². The van der Waals surface area contributed by atoms with E-state index in [1.807, 2.05) is 6.92 Å². The molecule has 0 aliphatic rings. The number of anilines is 1. The summed E-state index contributed by atoms with van der Waals surface area (Å²) in [5, 5.41) is 0. The minimum Gasteiger partial charge on any atom is -0.342 e. The van der Waals surface area contributed by atoms with Crippen molar-refractivity contribution in [2.24, 2.45) is 0 Å². The molecule has 0 saturated heterocycles. The van der Waals surface area contributed by atoms with E-state index in [2.05, 4.69) is 4.72 Å². The predicted molar refractivity (Wildman–Crippen MR) is 95.5 cm³/mol. The number of benzene rings is 2. The number of hydrogen-bond donors (Lipinski definition) is 1. The van der Waals surface area contributed by atoms with E-state index < -0.39 is 21.7 Å². The van der Waals surface area contributed by atoms with Gasteiger partial charge in [-0.2, -0.15) is 0 Å². The molecule has 0 aliphatic carbocycles. The van der Waals surface area contributed by atoms with Gasteiger partial charge in [-0.1, -0.05) is 19.4 Å². The zero-order valence-electron chi connectivity index (χ0n) is 14.5. The largest absolute Gasteiger partial charge is 0.342 e. The molecule has 8 heteroatoms. The fourth-order valence-electron chi connectivity index (χ4n) is 2.29. The number of hydrogen-bond acceptors (Lipinski definition) is 3. The van der Waals surface area contributed by atoms with Crippen LogP contribution in [0.15, 0.2) is 47.4 Å². The molecule has 0 aromatic heterocycles. The molecule has 0 saturated carbocycles. The maximum Gasteiger partial charge on any atom is 0.261 e. The van der Waals surface area contributed by atoms with Crippen LogP contribution in [-0.4, -0.2) is 32.8 Å². The van der Waals surface area contributed by atoms with Crippen molar-refractivity contribution in [1.82, 2.24) is 4.90 Å². The van der Waals surface area contributed by atoms with E-state index in [4.69, 9.17) is 0 Å². The summed E-state index contributed by atoms with van der Waals surface area (Å²) in [4.78, 5) is 13.8. The average Bonchev–Trinajstić information content (AvgIpc) is 2.62. The molecule has 2 rings (SSSR count). The monoisotopic (exact) mass is 382 g/mol. The number of nitrogens with one attached hydrogen (secondary N) is 1. The van der Waals surface area contributed by atoms with Crippen molar-refractivity contribution in [1.29, 1.82) is 0 Å². The Labute approximate surface area is 151 Å². The molecule has 0 unspecified atom stereocenters. The van der Waals surface area contributed by atoms with Crippen LogP contribution in [0.25, 0.3) is 0 Å². The highest BCUT2D eigenvalue weighted by Gasteiger charge is 2.18. The molecule has 0 fully saturated rings. The van der Waals surface area contributed by atoms with Gasteiger partial charge in [0.1, 0.15) is 0 Å². The number of amides is 1. The average molecular weight is 382 g/mol. The molecule has 2 aromatic carbocycles. The zero-order chi connectivity index (χ0) is 19.3. The van der Waals surface area contributed by atoms with Gasteiger partial charge in [-0.15, -0.1) is 0 Å². The molecule has 0 radical (unpaired) electrons. The Morgan fingerprint density at radius 1 is 1.12 bits per heavy atom. The van der Waals surface area contributed by atoms with Gasteiger partial charge >= 0.3 is 0 Å². The summed E-state index contributed by atoms with van der Waals surface area (Å²) in [6, 6.07) is 8.26. The Hall–Kier alpha value is -2.48. The topological polar surface area (TPSA) is 66.5 Å². The summed E-state index contributed by atoms with van der Waals surface area (Å²) in [6.45, 7) is 2.58. The van der Waals surface area contributed by atoms with Gasteiger partial charge in [0, 0.05) is 25.2 Å². The first-order chi connectivity index (χ1) is 12.2. The van der Waals surface area contributed by atoms with E-state index in [0.717, 1.165) is 31.0 Å². The van der Waals surface area contributed by atoms with Crippen molar-refractivity contribution in [2.45, 2.75) is 24.7 Å². The quantitative estimate of drug-likeness (QED) is 0.795. The summed E-state index contributed by atoms with van der Waals surface area (Å²) in [7, 11) is -2.40. The van der Waals surface area contributed by atoms with Gasteiger partial charge in [-0.3, -0.25) is 9.52 Å². The fourth-order valence-corrected chi connectivity index (χ4v) is 3.38. The van der Waals surface area contributed by atoms with Crippen LogP contribution in [-0.2, 0) is 10.0 Å². The van der Waals surface area contributed by atoms with E-state index in [9.17, 15) is 22.0 Å². The minimum absolute atomic E-state index is 0.110. The van der Waals surface area contributed by atoms with Crippen LogP contribution >= 0.6 is 0 Å². The highest BCUT2D eigenvalue weighted by atomic mass is 32.2. The second kappa shape index (κ2) is 8.27. The van der Waals surface area contributed by atoms with Crippen molar-refractivity contribution < 1.29 is 22.0 Å². The Bertz CT molecular complexity index is 901. The van der Waals surface area contributed by atoms with Crippen LogP contribution in [0.2, 0.25) is 0 Å². The summed E-state index contributed by atoms with van der Waals surface area (Å²) in [5.74, 6) is -2.52. The van der Waals surface area contributed by atoms with Gasteiger partial charge in [0.25, 0.3) is 15.9 Å². The molecule has 0 atom stereocenters. The third-order valence-electron chi connectivity index (χ3n) is 3.76. The van der Waals surface area contributed by atoms with Gasteiger partial charge < -0.3 is 4.90 Å². The lowest BCUT2D eigenvalue weighted by Gasteiger charge is -2.17. The van der Waals surface area contributed by atoms with Crippen molar-refractivity contribution in [3.63, 3.8) is 0 Å². The van der Waals surface area contributed by atoms with Gasteiger partial charge in [-0.25, -0.2) is 17.2 Å². The number of nitrogens with zero attached hydrogens (tertiary/aromatic N) is 1. The number of halogens is 2. The molecule has 26 heavy (non-hydrogen) atoms. The summed E-state index contributed by atoms with van der Waals surface area (Å²) in [6.07, 6.45) is 1.78. The van der Waals surface area contributed by atoms with Gasteiger partial charge in [0.05, 0.1) is 10.6 Å². The van der Waals surface area contributed by atoms with Crippen LogP contribution in [0.1, 0.15) is 30.1 Å². The van der Waals surface area contributed by atoms with E-state index in [0.29, 0.717) is 6.54 Å². The normalized spacial score (nSPS) is 11.2. The third kappa shape index (κ3) is 4.78. The standard InChI is InChI=1S/C18H20F2N2O3S/c1-3-4-10-22(2)18(23)13-6-5-7-15(11-13)26(24,25)21-14-8-9-16(19)17(20)12-14/h5-9,11-12,21H,3-4,10H2,1-2H3. The van der Waals surface area contributed by atoms with Crippen LogP contribution in [0.3, 0.4) is 0 Å². The zero-order valence-corrected chi connectivity index (χ0v) is 15.3. The van der Waals surface area contributed by atoms with Crippen LogP contribution in [0.4, 0.5) is 14.5 Å². The Kier molecular flexibility index (Phi) is 6.31. The lowest BCUT2D eigenvalue weighted by atomic mass is 10.2. The molecule has 0 aliphatic heterocycles. The highest BCUT2D eigenvalue weighted by molar-refractivity contribution is 7.92. The lowest BCUT2D eigenvalue weighted by molar-refractivity contribution is 0.0793. The van der Waals surface area contributed by atoms with Gasteiger partial charge in [0.2, 0.25) is 0 Å². The molecule has 0 spiro atoms. The second-order valence-electron chi connectivity index (χ2n) is 5.84. The fraction of sp³-hybridized carbons (Fsp3) is 0.278. The predicted octanol–water partition coefficient (Wildman–Crippen LogP) is 3.64. The first kappa shape index (κ1) is 19.8. The smallest absolute Gasteiger partial charge is 0.261 e. The number of carbonyl (C=O) groups is 1. The third-order valence-corrected chi connectivity index (χ3v) is 5.14. The number of rotatable bonds is 7. The lowest BCUT2D eigenvalue weighted by Crippen LogP contribution is -2.28. The summed E-state index contributed by atoms with van der Waals surface area (Å²) in [5.41, 5.74) is 0.123. The molecule has 140 valence electrons. The Morgan fingerprint density at radius 3 is 2.50 bits per heavy atom. The molecule has 2 aromatic rings. The first-order valence-corrected chi connectivity index (χ1v) is 9.56. The van der Waals surface area contributed by atoms with Crippen molar-refractivity contribution in [3.8, 4) is 0 Å². The van der Waals surface area contributed by atoms with Gasteiger partial charge in [0.15, 0.2) is 11.6 Å². The maximum absolute atomic E-state index is 13.3. The summed E-state index contributed by atoms with van der Waals surface area (Å²) >= 11 is 0. The van der Waals surface area contributed by atoms with Crippen LogP contribution < -0.4 is 4.72 Å².